The summed E-state index contributed by atoms with van der Waals surface area (Å²) in [5, 5.41) is 4.92. The van der Waals surface area contributed by atoms with Crippen molar-refractivity contribution < 1.29 is 17.9 Å². The molecule has 0 saturated heterocycles. The molecule has 144 valence electrons. The zero-order valence-electron chi connectivity index (χ0n) is 15.3. The predicted octanol–water partition coefficient (Wildman–Crippen LogP) is 1.19. The molecule has 0 atom stereocenters. The Bertz CT molecular complexity index is 956. The largest absolute Gasteiger partial charge is 0.493 e. The van der Waals surface area contributed by atoms with Gasteiger partial charge in [0.15, 0.2) is 11.5 Å². The van der Waals surface area contributed by atoms with Crippen LogP contribution in [0.15, 0.2) is 40.4 Å². The fourth-order valence-corrected chi connectivity index (χ4v) is 2.79. The predicted molar refractivity (Wildman–Crippen MR) is 105 cm³/mol. The minimum atomic E-state index is -3.78. The number of hydrogen-bond donors (Lipinski definition) is 2. The van der Waals surface area contributed by atoms with E-state index in [1.165, 1.54) is 7.11 Å². The van der Waals surface area contributed by atoms with Crippen LogP contribution in [-0.2, 0) is 16.8 Å². The Kier molecular flexibility index (Phi) is 6.61. The lowest BCUT2D eigenvalue weighted by molar-refractivity contribution is 0.355. The fraction of sp³-hybridized carbons (Fsp3) is 0.235. The van der Waals surface area contributed by atoms with Crippen molar-refractivity contribution in [2.24, 2.45) is 15.1 Å². The molecule has 2 rings (SSSR count). The number of rotatable bonds is 8. The van der Waals surface area contributed by atoms with Gasteiger partial charge in [0.2, 0.25) is 0 Å². The van der Waals surface area contributed by atoms with Crippen LogP contribution < -0.4 is 19.3 Å². The molecule has 0 fully saturated rings. The van der Waals surface area contributed by atoms with Crippen LogP contribution in [0.4, 0.5) is 5.69 Å². The van der Waals surface area contributed by atoms with Crippen LogP contribution in [0.3, 0.4) is 0 Å². The number of ether oxygens (including phenoxy) is 2. The van der Waals surface area contributed by atoms with Gasteiger partial charge in [0.25, 0.3) is 10.2 Å². The summed E-state index contributed by atoms with van der Waals surface area (Å²) in [6.07, 6.45) is 1.59. The molecule has 0 spiro atoms. The highest BCUT2D eigenvalue weighted by Crippen LogP contribution is 2.35. The second kappa shape index (κ2) is 8.71. The van der Waals surface area contributed by atoms with Crippen LogP contribution in [0, 0.1) is 0 Å². The van der Waals surface area contributed by atoms with Crippen LogP contribution in [0.5, 0.6) is 11.5 Å². The lowest BCUT2D eigenvalue weighted by Crippen LogP contribution is -2.30. The number of nitrogens with two attached hydrogens (primary N) is 1. The molecule has 0 unspecified atom stereocenters. The topological polar surface area (TPSA) is 128 Å². The van der Waals surface area contributed by atoms with Crippen LogP contribution >= 0.6 is 0 Å². The van der Waals surface area contributed by atoms with E-state index in [-0.39, 0.29) is 6.54 Å². The van der Waals surface area contributed by atoms with Crippen molar-refractivity contribution in [3.8, 4) is 11.5 Å². The monoisotopic (exact) mass is 391 g/mol. The van der Waals surface area contributed by atoms with E-state index in [0.29, 0.717) is 39.7 Å². The summed E-state index contributed by atoms with van der Waals surface area (Å²) in [5.41, 5.74) is 3.12. The van der Waals surface area contributed by atoms with E-state index in [0.717, 1.165) is 0 Å². The standard InChI is InChI=1S/C17H21N5O4S/c1-19-14-8-16(26-4)15(25-3)7-13(14)17(20-2)11-5-6-12(21-9-11)10-22-27(18,23)24/h5-9,22H,1,10H2,2-4H3,(H2,18,23,24)/b20-17-. The first kappa shape index (κ1) is 20.5. The van der Waals surface area contributed by atoms with Crippen molar-refractivity contribution in [2.75, 3.05) is 21.3 Å². The van der Waals surface area contributed by atoms with Crippen molar-refractivity contribution >= 4 is 28.3 Å². The van der Waals surface area contributed by atoms with E-state index in [2.05, 4.69) is 26.4 Å². The summed E-state index contributed by atoms with van der Waals surface area (Å²) in [6, 6.07) is 6.94. The third-order valence-corrected chi connectivity index (χ3v) is 4.25. The Morgan fingerprint density at radius 1 is 1.26 bits per heavy atom. The fourth-order valence-electron chi connectivity index (χ4n) is 2.44. The summed E-state index contributed by atoms with van der Waals surface area (Å²) >= 11 is 0. The maximum atomic E-state index is 11.0. The van der Waals surface area contributed by atoms with Gasteiger partial charge in [-0.2, -0.15) is 13.1 Å². The lowest BCUT2D eigenvalue weighted by Gasteiger charge is -2.14. The third-order valence-electron chi connectivity index (χ3n) is 3.70. The lowest BCUT2D eigenvalue weighted by atomic mass is 10.0. The van der Waals surface area contributed by atoms with Crippen molar-refractivity contribution in [1.82, 2.24) is 9.71 Å². The second-order valence-electron chi connectivity index (χ2n) is 5.36. The van der Waals surface area contributed by atoms with E-state index in [4.69, 9.17) is 14.6 Å². The maximum Gasteiger partial charge on any atom is 0.274 e. The number of hydrogen-bond acceptors (Lipinski definition) is 7. The molecule has 9 nitrogen and oxygen atoms in total. The number of pyridine rings is 1. The summed E-state index contributed by atoms with van der Waals surface area (Å²) < 4.78 is 34.8. The molecule has 1 aromatic heterocycles. The summed E-state index contributed by atoms with van der Waals surface area (Å²) in [5.74, 6) is 1.06. The average Bonchev–Trinajstić information content (AvgIpc) is 2.66. The van der Waals surface area contributed by atoms with Gasteiger partial charge in [-0.1, -0.05) is 0 Å². The first-order valence-electron chi connectivity index (χ1n) is 7.75. The van der Waals surface area contributed by atoms with E-state index in [1.807, 2.05) is 0 Å². The minimum absolute atomic E-state index is 0.00641. The highest BCUT2D eigenvalue weighted by Gasteiger charge is 2.16. The first-order valence-corrected chi connectivity index (χ1v) is 9.30. The van der Waals surface area contributed by atoms with Gasteiger partial charge in [0, 0.05) is 30.4 Å². The Balaban J connectivity index is 2.41. The van der Waals surface area contributed by atoms with Gasteiger partial charge >= 0.3 is 0 Å². The number of nitrogens with zero attached hydrogens (tertiary/aromatic N) is 3. The normalized spacial score (nSPS) is 11.9. The molecule has 0 aliphatic carbocycles. The van der Waals surface area contributed by atoms with E-state index >= 15 is 0 Å². The van der Waals surface area contributed by atoms with E-state index in [9.17, 15) is 8.42 Å². The summed E-state index contributed by atoms with van der Waals surface area (Å²) in [6.45, 7) is 3.59. The van der Waals surface area contributed by atoms with Gasteiger partial charge < -0.3 is 9.47 Å². The Morgan fingerprint density at radius 3 is 2.41 bits per heavy atom. The van der Waals surface area contributed by atoms with Gasteiger partial charge in [0.05, 0.1) is 37.9 Å². The zero-order chi connectivity index (χ0) is 20.0. The van der Waals surface area contributed by atoms with Crippen molar-refractivity contribution in [3.05, 3.63) is 47.3 Å². The highest BCUT2D eigenvalue weighted by molar-refractivity contribution is 7.87. The number of benzene rings is 1. The molecule has 0 radical (unpaired) electrons. The van der Waals surface area contributed by atoms with Crippen molar-refractivity contribution in [1.29, 1.82) is 0 Å². The molecule has 27 heavy (non-hydrogen) atoms. The van der Waals surface area contributed by atoms with Crippen molar-refractivity contribution in [3.63, 3.8) is 0 Å². The zero-order valence-corrected chi connectivity index (χ0v) is 16.1. The molecular weight excluding hydrogens is 370 g/mol. The molecule has 0 aliphatic rings. The van der Waals surface area contributed by atoms with Gasteiger partial charge in [-0.3, -0.25) is 15.0 Å². The second-order valence-corrected chi connectivity index (χ2v) is 6.74. The van der Waals surface area contributed by atoms with E-state index in [1.54, 1.807) is 44.6 Å². The molecule has 0 saturated carbocycles. The minimum Gasteiger partial charge on any atom is -0.493 e. The van der Waals surface area contributed by atoms with Gasteiger partial charge in [-0.25, -0.2) is 5.14 Å². The van der Waals surface area contributed by atoms with Gasteiger partial charge in [0.1, 0.15) is 0 Å². The molecule has 10 heteroatoms. The smallest absolute Gasteiger partial charge is 0.274 e. The number of aromatic nitrogens is 1. The molecule has 2 aromatic rings. The first-order chi connectivity index (χ1) is 12.8. The molecule has 1 aromatic carbocycles. The molecule has 1 heterocycles. The third kappa shape index (κ3) is 5.09. The number of aliphatic imine (C=N–C) groups is 2. The number of nitrogens with one attached hydrogen (secondary N) is 1. The van der Waals surface area contributed by atoms with E-state index < -0.39 is 10.2 Å². The van der Waals surface area contributed by atoms with Gasteiger partial charge in [-0.15, -0.1) is 0 Å². The Hall–Kier alpha value is -2.82. The molecule has 0 bridgehead atoms. The SMILES string of the molecule is C=Nc1cc(OC)c(OC)cc1/C(=N\C)c1ccc(CNS(N)(=O)=O)nc1. The van der Waals surface area contributed by atoms with Crippen LogP contribution in [0.25, 0.3) is 0 Å². The summed E-state index contributed by atoms with van der Waals surface area (Å²) in [7, 11) is 0.951. The van der Waals surface area contributed by atoms with Crippen LogP contribution in [-0.4, -0.2) is 47.1 Å². The number of methoxy groups -OCH3 is 2. The maximum absolute atomic E-state index is 11.0. The molecular formula is C17H21N5O4S. The summed E-state index contributed by atoms with van der Waals surface area (Å²) in [4.78, 5) is 12.6. The van der Waals surface area contributed by atoms with Crippen LogP contribution in [0.1, 0.15) is 16.8 Å². The van der Waals surface area contributed by atoms with Crippen LogP contribution in [0.2, 0.25) is 0 Å². The molecule has 3 N–H and O–H groups in total. The Labute approximate surface area is 158 Å². The average molecular weight is 391 g/mol. The Morgan fingerprint density at radius 2 is 1.93 bits per heavy atom. The molecule has 0 amide bonds. The van der Waals surface area contributed by atoms with Crippen molar-refractivity contribution in [2.45, 2.75) is 6.54 Å². The quantitative estimate of drug-likeness (QED) is 0.653. The van der Waals surface area contributed by atoms with Gasteiger partial charge in [-0.05, 0) is 24.9 Å². The molecule has 0 aliphatic heterocycles. The highest BCUT2D eigenvalue weighted by atomic mass is 32.2.